The van der Waals surface area contributed by atoms with Gasteiger partial charge in [0.15, 0.2) is 0 Å². The summed E-state index contributed by atoms with van der Waals surface area (Å²) in [6, 6.07) is 3.54. The maximum Gasteiger partial charge on any atom is 0.308 e. The van der Waals surface area contributed by atoms with Crippen LogP contribution in [0.1, 0.15) is 32.1 Å². The van der Waals surface area contributed by atoms with Crippen LogP contribution in [0.25, 0.3) is 10.7 Å². The van der Waals surface area contributed by atoms with Gasteiger partial charge in [0.2, 0.25) is 17.6 Å². The Kier molecular flexibility index (Phi) is 4.94. The molecule has 0 aliphatic carbocycles. The number of piperidine rings is 1. The van der Waals surface area contributed by atoms with Crippen molar-refractivity contribution in [1.29, 1.82) is 0 Å². The van der Waals surface area contributed by atoms with Crippen LogP contribution in [0.2, 0.25) is 0 Å². The summed E-state index contributed by atoms with van der Waals surface area (Å²) >= 11 is 1.52. The standard InChI is InChI=1S/C16H19N3O4S/c1-10-11(16(21)22)4-2-8-19(10)14(20)7-6-13-17-15(18-23-13)12-5-3-9-24-12/h3,5,9-11H,2,4,6-8H2,1H3,(H,21,22)/t10-,11-/m1/s1. The van der Waals surface area contributed by atoms with E-state index in [2.05, 4.69) is 10.1 Å². The highest BCUT2D eigenvalue weighted by Gasteiger charge is 2.35. The van der Waals surface area contributed by atoms with Crippen LogP contribution in [0.3, 0.4) is 0 Å². The van der Waals surface area contributed by atoms with Gasteiger partial charge in [-0.05, 0) is 31.2 Å². The van der Waals surface area contributed by atoms with E-state index in [0.29, 0.717) is 31.1 Å². The van der Waals surface area contributed by atoms with Gasteiger partial charge in [-0.15, -0.1) is 11.3 Å². The Labute approximate surface area is 143 Å². The van der Waals surface area contributed by atoms with E-state index in [0.717, 1.165) is 11.3 Å². The molecule has 24 heavy (non-hydrogen) atoms. The summed E-state index contributed by atoms with van der Waals surface area (Å²) in [6.45, 7) is 2.41. The number of aryl methyl sites for hydroxylation is 1. The first-order valence-corrected chi connectivity index (χ1v) is 8.83. The zero-order valence-electron chi connectivity index (χ0n) is 13.3. The summed E-state index contributed by atoms with van der Waals surface area (Å²) in [5.74, 6) is -0.436. The van der Waals surface area contributed by atoms with Crippen molar-refractivity contribution in [2.75, 3.05) is 6.54 Å². The minimum atomic E-state index is -0.836. The van der Waals surface area contributed by atoms with E-state index < -0.39 is 11.9 Å². The minimum Gasteiger partial charge on any atom is -0.481 e. The molecule has 128 valence electrons. The highest BCUT2D eigenvalue weighted by Crippen LogP contribution is 2.25. The molecule has 3 heterocycles. The van der Waals surface area contributed by atoms with E-state index in [1.165, 1.54) is 11.3 Å². The van der Waals surface area contributed by atoms with Gasteiger partial charge in [0.25, 0.3) is 0 Å². The number of aromatic nitrogens is 2. The molecule has 0 unspecified atom stereocenters. The van der Waals surface area contributed by atoms with Crippen LogP contribution in [-0.2, 0) is 16.0 Å². The topological polar surface area (TPSA) is 96.5 Å². The summed E-state index contributed by atoms with van der Waals surface area (Å²) in [5.41, 5.74) is 0. The van der Waals surface area contributed by atoms with Crippen LogP contribution < -0.4 is 0 Å². The van der Waals surface area contributed by atoms with Crippen LogP contribution in [0.5, 0.6) is 0 Å². The smallest absolute Gasteiger partial charge is 0.308 e. The molecule has 1 aliphatic heterocycles. The number of amides is 1. The molecule has 1 fully saturated rings. The largest absolute Gasteiger partial charge is 0.481 e. The Hall–Kier alpha value is -2.22. The van der Waals surface area contributed by atoms with Gasteiger partial charge in [0, 0.05) is 25.4 Å². The van der Waals surface area contributed by atoms with Crippen molar-refractivity contribution in [3.8, 4) is 10.7 Å². The van der Waals surface area contributed by atoms with E-state index in [1.54, 1.807) is 11.8 Å². The fraction of sp³-hybridized carbons (Fsp3) is 0.500. The Morgan fingerprint density at radius 3 is 3.04 bits per heavy atom. The SMILES string of the molecule is C[C@@H]1[C@H](C(=O)O)CCCN1C(=O)CCc1nc(-c2cccs2)no1. The number of carbonyl (C=O) groups excluding carboxylic acids is 1. The van der Waals surface area contributed by atoms with Gasteiger partial charge in [0.05, 0.1) is 10.8 Å². The second kappa shape index (κ2) is 7.12. The highest BCUT2D eigenvalue weighted by molar-refractivity contribution is 7.13. The van der Waals surface area contributed by atoms with Gasteiger partial charge < -0.3 is 14.5 Å². The maximum absolute atomic E-state index is 12.4. The third-order valence-corrected chi connectivity index (χ3v) is 5.25. The third-order valence-electron chi connectivity index (χ3n) is 4.39. The molecule has 2 aromatic rings. The Morgan fingerprint density at radius 2 is 2.33 bits per heavy atom. The van der Waals surface area contributed by atoms with Crippen LogP contribution in [-0.4, -0.2) is 44.6 Å². The monoisotopic (exact) mass is 349 g/mol. The van der Waals surface area contributed by atoms with Crippen molar-refractivity contribution in [2.45, 2.75) is 38.6 Å². The number of rotatable bonds is 5. The average Bonchev–Trinajstić information content (AvgIpc) is 3.23. The molecule has 1 amide bonds. The zero-order chi connectivity index (χ0) is 17.1. The summed E-state index contributed by atoms with van der Waals surface area (Å²) in [6.07, 6.45) is 1.94. The molecule has 0 radical (unpaired) electrons. The molecule has 0 aromatic carbocycles. The molecule has 3 rings (SSSR count). The van der Waals surface area contributed by atoms with Gasteiger partial charge in [0.1, 0.15) is 0 Å². The predicted octanol–water partition coefficient (Wildman–Crippen LogP) is 2.44. The molecular weight excluding hydrogens is 330 g/mol. The van der Waals surface area contributed by atoms with Crippen LogP contribution in [0.15, 0.2) is 22.0 Å². The molecular formula is C16H19N3O4S. The Morgan fingerprint density at radius 1 is 1.50 bits per heavy atom. The van der Waals surface area contributed by atoms with Crippen molar-refractivity contribution < 1.29 is 19.2 Å². The number of aliphatic carboxylic acids is 1. The van der Waals surface area contributed by atoms with Crippen LogP contribution >= 0.6 is 11.3 Å². The summed E-state index contributed by atoms with van der Waals surface area (Å²) in [7, 11) is 0. The van der Waals surface area contributed by atoms with Gasteiger partial charge in [-0.25, -0.2) is 0 Å². The van der Waals surface area contributed by atoms with Crippen LogP contribution in [0, 0.1) is 5.92 Å². The average molecular weight is 349 g/mol. The lowest BCUT2D eigenvalue weighted by molar-refractivity contribution is -0.149. The number of thiophene rings is 1. The quantitative estimate of drug-likeness (QED) is 0.890. The number of nitrogens with zero attached hydrogens (tertiary/aromatic N) is 3. The molecule has 1 saturated heterocycles. The van der Waals surface area contributed by atoms with Crippen molar-refractivity contribution >= 4 is 23.2 Å². The van der Waals surface area contributed by atoms with Gasteiger partial charge in [-0.2, -0.15) is 4.98 Å². The van der Waals surface area contributed by atoms with Crippen molar-refractivity contribution in [2.24, 2.45) is 5.92 Å². The summed E-state index contributed by atoms with van der Waals surface area (Å²) in [5, 5.41) is 15.1. The first-order valence-electron chi connectivity index (χ1n) is 7.95. The highest BCUT2D eigenvalue weighted by atomic mass is 32.1. The molecule has 0 spiro atoms. The van der Waals surface area contributed by atoms with E-state index in [9.17, 15) is 14.7 Å². The number of likely N-dealkylation sites (tertiary alicyclic amines) is 1. The Bertz CT molecular complexity index is 713. The second-order valence-electron chi connectivity index (χ2n) is 5.90. The Balaban J connectivity index is 1.58. The minimum absolute atomic E-state index is 0.0654. The molecule has 1 N–H and O–H groups in total. The van der Waals surface area contributed by atoms with Gasteiger partial charge >= 0.3 is 5.97 Å². The van der Waals surface area contributed by atoms with E-state index in [4.69, 9.17) is 4.52 Å². The molecule has 0 bridgehead atoms. The lowest BCUT2D eigenvalue weighted by Crippen LogP contribution is -2.49. The van der Waals surface area contributed by atoms with Gasteiger partial charge in [-0.1, -0.05) is 11.2 Å². The number of hydrogen-bond acceptors (Lipinski definition) is 6. The molecule has 0 saturated carbocycles. The maximum atomic E-state index is 12.4. The van der Waals surface area contributed by atoms with E-state index >= 15 is 0 Å². The zero-order valence-corrected chi connectivity index (χ0v) is 14.2. The number of carboxylic acid groups (broad SMARTS) is 1. The summed E-state index contributed by atoms with van der Waals surface area (Å²) in [4.78, 5) is 30.6. The van der Waals surface area contributed by atoms with Crippen LogP contribution in [0.4, 0.5) is 0 Å². The molecule has 2 aromatic heterocycles. The first-order chi connectivity index (χ1) is 11.6. The third kappa shape index (κ3) is 3.48. The second-order valence-corrected chi connectivity index (χ2v) is 6.85. The summed E-state index contributed by atoms with van der Waals surface area (Å²) < 4.78 is 5.19. The van der Waals surface area contributed by atoms with E-state index in [1.807, 2.05) is 17.5 Å². The first kappa shape index (κ1) is 16.6. The number of carboxylic acids is 1. The molecule has 7 nitrogen and oxygen atoms in total. The fourth-order valence-electron chi connectivity index (χ4n) is 3.04. The predicted molar refractivity (Wildman–Crippen MR) is 87.5 cm³/mol. The van der Waals surface area contributed by atoms with Crippen molar-refractivity contribution in [3.63, 3.8) is 0 Å². The van der Waals surface area contributed by atoms with E-state index in [-0.39, 0.29) is 18.4 Å². The lowest BCUT2D eigenvalue weighted by Gasteiger charge is -2.37. The number of carbonyl (C=O) groups is 2. The molecule has 1 aliphatic rings. The van der Waals surface area contributed by atoms with Gasteiger partial charge in [-0.3, -0.25) is 9.59 Å². The fourth-order valence-corrected chi connectivity index (χ4v) is 3.69. The van der Waals surface area contributed by atoms with Crippen molar-refractivity contribution in [3.05, 3.63) is 23.4 Å². The lowest BCUT2D eigenvalue weighted by atomic mass is 9.90. The molecule has 2 atom stereocenters. The normalized spacial score (nSPS) is 21.0. The van der Waals surface area contributed by atoms with Crippen molar-refractivity contribution in [1.82, 2.24) is 15.0 Å². The number of hydrogen-bond donors (Lipinski definition) is 1. The molecule has 8 heteroatoms.